The lowest BCUT2D eigenvalue weighted by molar-refractivity contribution is -0.302. The number of hydrogen-bond donors (Lipinski definition) is 1. The molecule has 1 aliphatic rings. The Morgan fingerprint density at radius 1 is 1.23 bits per heavy atom. The molecule has 22 heavy (non-hydrogen) atoms. The van der Waals surface area contributed by atoms with Gasteiger partial charge in [-0.05, 0) is 18.2 Å². The SMILES string of the molecule is OCC1COC(Cn2cncn2)(c2cc(Cl)cc(Cl)c2)OC1. The summed E-state index contributed by atoms with van der Waals surface area (Å²) in [7, 11) is 0. The van der Waals surface area contributed by atoms with Gasteiger partial charge in [0.1, 0.15) is 19.2 Å². The molecule has 1 aliphatic heterocycles. The third kappa shape index (κ3) is 3.26. The highest BCUT2D eigenvalue weighted by Gasteiger charge is 2.40. The number of halogens is 2. The van der Waals surface area contributed by atoms with Crippen molar-refractivity contribution < 1.29 is 14.6 Å². The number of aromatic nitrogens is 3. The lowest BCUT2D eigenvalue weighted by Crippen LogP contribution is -2.46. The molecule has 8 heteroatoms. The Morgan fingerprint density at radius 3 is 2.45 bits per heavy atom. The van der Waals surface area contributed by atoms with Crippen molar-refractivity contribution in [2.75, 3.05) is 19.8 Å². The summed E-state index contributed by atoms with van der Waals surface area (Å²) in [5.74, 6) is -1.12. The second-order valence-electron chi connectivity index (χ2n) is 5.17. The van der Waals surface area contributed by atoms with E-state index >= 15 is 0 Å². The van der Waals surface area contributed by atoms with Gasteiger partial charge in [0.2, 0.25) is 5.79 Å². The molecular formula is C14H15Cl2N3O3. The van der Waals surface area contributed by atoms with Crippen molar-refractivity contribution in [1.29, 1.82) is 0 Å². The summed E-state index contributed by atoms with van der Waals surface area (Å²) in [4.78, 5) is 3.93. The Kier molecular flexibility index (Phi) is 4.65. The average molecular weight is 344 g/mol. The number of rotatable bonds is 4. The van der Waals surface area contributed by atoms with Gasteiger partial charge in [0.15, 0.2) is 0 Å². The maximum absolute atomic E-state index is 9.25. The van der Waals surface area contributed by atoms with Gasteiger partial charge in [-0.25, -0.2) is 9.67 Å². The zero-order valence-corrected chi connectivity index (χ0v) is 13.2. The second-order valence-corrected chi connectivity index (χ2v) is 6.05. The number of hydrogen-bond acceptors (Lipinski definition) is 5. The molecule has 0 saturated carbocycles. The number of aliphatic hydroxyl groups excluding tert-OH is 1. The largest absolute Gasteiger partial charge is 0.396 e. The van der Waals surface area contributed by atoms with Crippen LogP contribution in [0.15, 0.2) is 30.9 Å². The molecule has 1 aromatic carbocycles. The fourth-order valence-corrected chi connectivity index (χ4v) is 2.88. The maximum atomic E-state index is 9.25. The summed E-state index contributed by atoms with van der Waals surface area (Å²) < 4.78 is 13.5. The van der Waals surface area contributed by atoms with Crippen molar-refractivity contribution in [2.45, 2.75) is 12.3 Å². The van der Waals surface area contributed by atoms with Gasteiger partial charge >= 0.3 is 0 Å². The second kappa shape index (κ2) is 6.52. The minimum atomic E-state index is -1.06. The molecule has 0 unspecified atom stereocenters. The van der Waals surface area contributed by atoms with Crippen LogP contribution in [0.5, 0.6) is 0 Å². The van der Waals surface area contributed by atoms with E-state index in [2.05, 4.69) is 10.1 Å². The molecule has 1 aromatic heterocycles. The first kappa shape index (κ1) is 15.7. The van der Waals surface area contributed by atoms with Gasteiger partial charge in [-0.3, -0.25) is 0 Å². The molecule has 1 N–H and O–H groups in total. The van der Waals surface area contributed by atoms with Crippen LogP contribution in [0.25, 0.3) is 0 Å². The van der Waals surface area contributed by atoms with Crippen LogP contribution in [0.4, 0.5) is 0 Å². The molecule has 6 nitrogen and oxygen atoms in total. The minimum absolute atomic E-state index is 0.00963. The van der Waals surface area contributed by atoms with Gasteiger partial charge in [0.05, 0.1) is 19.8 Å². The molecule has 118 valence electrons. The first-order valence-electron chi connectivity index (χ1n) is 6.79. The first-order chi connectivity index (χ1) is 10.6. The van der Waals surface area contributed by atoms with Crippen LogP contribution < -0.4 is 0 Å². The number of aliphatic hydroxyl groups is 1. The Hall–Kier alpha value is -1.18. The van der Waals surface area contributed by atoms with E-state index in [-0.39, 0.29) is 12.5 Å². The van der Waals surface area contributed by atoms with E-state index in [0.717, 1.165) is 0 Å². The number of nitrogens with zero attached hydrogens (tertiary/aromatic N) is 3. The van der Waals surface area contributed by atoms with E-state index in [1.54, 1.807) is 29.2 Å². The quantitative estimate of drug-likeness (QED) is 0.920. The molecule has 1 saturated heterocycles. The topological polar surface area (TPSA) is 69.4 Å². The Balaban J connectivity index is 1.95. The first-order valence-corrected chi connectivity index (χ1v) is 7.55. The van der Waals surface area contributed by atoms with Crippen LogP contribution in [0.1, 0.15) is 5.56 Å². The minimum Gasteiger partial charge on any atom is -0.396 e. The molecule has 0 bridgehead atoms. The van der Waals surface area contributed by atoms with Gasteiger partial charge < -0.3 is 14.6 Å². The fraction of sp³-hybridized carbons (Fsp3) is 0.429. The molecule has 0 spiro atoms. The Bertz CT molecular complexity index is 608. The predicted molar refractivity (Wildman–Crippen MR) is 80.6 cm³/mol. The lowest BCUT2D eigenvalue weighted by Gasteiger charge is -2.40. The summed E-state index contributed by atoms with van der Waals surface area (Å²) in [6, 6.07) is 5.16. The Morgan fingerprint density at radius 2 is 1.91 bits per heavy atom. The van der Waals surface area contributed by atoms with Crippen LogP contribution in [-0.4, -0.2) is 39.7 Å². The van der Waals surface area contributed by atoms with Gasteiger partial charge in [0.25, 0.3) is 0 Å². The summed E-state index contributed by atoms with van der Waals surface area (Å²) >= 11 is 12.2. The standard InChI is InChI=1S/C14H15Cl2N3O3/c15-12-1-11(2-13(16)3-12)14(7-19-9-17-8-18-19)21-5-10(4-20)6-22-14/h1-3,8-10,20H,4-7H2. The summed E-state index contributed by atoms with van der Waals surface area (Å²) in [6.45, 7) is 1.06. The van der Waals surface area contributed by atoms with Crippen molar-refractivity contribution in [2.24, 2.45) is 5.92 Å². The third-order valence-corrected chi connectivity index (χ3v) is 3.94. The Labute approximate surface area is 137 Å². The molecule has 2 aromatic rings. The van der Waals surface area contributed by atoms with Gasteiger partial charge in [0, 0.05) is 21.5 Å². The zero-order chi connectivity index (χ0) is 15.6. The normalized spacial score (nSPS) is 25.3. The highest BCUT2D eigenvalue weighted by molar-refractivity contribution is 6.34. The van der Waals surface area contributed by atoms with Crippen LogP contribution in [0.3, 0.4) is 0 Å². The molecule has 0 aliphatic carbocycles. The highest BCUT2D eigenvalue weighted by Crippen LogP contribution is 2.36. The van der Waals surface area contributed by atoms with E-state index in [1.807, 2.05) is 0 Å². The van der Waals surface area contributed by atoms with Crippen molar-refractivity contribution >= 4 is 23.2 Å². The summed E-state index contributed by atoms with van der Waals surface area (Å²) in [5.41, 5.74) is 0.705. The monoisotopic (exact) mass is 343 g/mol. The molecule has 2 heterocycles. The number of benzene rings is 1. The van der Waals surface area contributed by atoms with E-state index in [9.17, 15) is 5.11 Å². The smallest absolute Gasteiger partial charge is 0.215 e. The fourth-order valence-electron chi connectivity index (χ4n) is 2.35. The van der Waals surface area contributed by atoms with Crippen LogP contribution >= 0.6 is 23.2 Å². The van der Waals surface area contributed by atoms with Crippen molar-refractivity contribution in [1.82, 2.24) is 14.8 Å². The molecule has 1 fully saturated rings. The van der Waals surface area contributed by atoms with Gasteiger partial charge in [-0.1, -0.05) is 23.2 Å². The maximum Gasteiger partial charge on any atom is 0.215 e. The van der Waals surface area contributed by atoms with Crippen LogP contribution in [0, 0.1) is 5.92 Å². The molecule has 0 atom stereocenters. The molecule has 3 rings (SSSR count). The number of ether oxygens (including phenoxy) is 2. The summed E-state index contributed by atoms with van der Waals surface area (Å²) in [6.07, 6.45) is 3.02. The highest BCUT2D eigenvalue weighted by atomic mass is 35.5. The van der Waals surface area contributed by atoms with Crippen molar-refractivity contribution in [3.05, 3.63) is 46.5 Å². The average Bonchev–Trinajstić information content (AvgIpc) is 3.00. The molecule has 0 radical (unpaired) electrons. The predicted octanol–water partition coefficient (Wildman–Crippen LogP) is 2.09. The van der Waals surface area contributed by atoms with Crippen molar-refractivity contribution in [3.8, 4) is 0 Å². The van der Waals surface area contributed by atoms with Crippen molar-refractivity contribution in [3.63, 3.8) is 0 Å². The van der Waals surface area contributed by atoms with Crippen LogP contribution in [0.2, 0.25) is 10.0 Å². The molecular weight excluding hydrogens is 329 g/mol. The third-order valence-electron chi connectivity index (χ3n) is 3.50. The molecule has 0 amide bonds. The summed E-state index contributed by atoms with van der Waals surface area (Å²) in [5, 5.41) is 14.3. The zero-order valence-electron chi connectivity index (χ0n) is 11.7. The van der Waals surface area contributed by atoms with E-state index in [0.29, 0.717) is 35.4 Å². The van der Waals surface area contributed by atoms with Gasteiger partial charge in [-0.2, -0.15) is 5.10 Å². The van der Waals surface area contributed by atoms with E-state index in [4.69, 9.17) is 32.7 Å². The van der Waals surface area contributed by atoms with E-state index in [1.165, 1.54) is 6.33 Å². The van der Waals surface area contributed by atoms with Gasteiger partial charge in [-0.15, -0.1) is 0 Å². The lowest BCUT2D eigenvalue weighted by atomic mass is 10.0. The van der Waals surface area contributed by atoms with E-state index < -0.39 is 5.79 Å². The van der Waals surface area contributed by atoms with Crippen LogP contribution in [-0.2, 0) is 21.8 Å².